The van der Waals surface area contributed by atoms with E-state index >= 15 is 0 Å². The summed E-state index contributed by atoms with van der Waals surface area (Å²) in [5.41, 5.74) is 10.8. The minimum Gasteiger partial charge on any atom is -0.410 e. The van der Waals surface area contributed by atoms with Gasteiger partial charge in [-0.05, 0) is 101 Å². The van der Waals surface area contributed by atoms with Crippen LogP contribution < -0.4 is 15.4 Å². The third kappa shape index (κ3) is 7.86. The monoisotopic (exact) mass is 880 g/mol. The van der Waals surface area contributed by atoms with E-state index in [9.17, 15) is 9.59 Å². The topological polar surface area (TPSA) is 209 Å². The van der Waals surface area contributed by atoms with Crippen molar-refractivity contribution < 1.29 is 14.3 Å². The minimum absolute atomic E-state index is 0.141. The molecule has 0 atom stereocenters. The van der Waals surface area contributed by atoms with Gasteiger partial charge in [0, 0.05) is 95.9 Å². The number of hydrogen-bond donors (Lipinski definition) is 4. The van der Waals surface area contributed by atoms with Gasteiger partial charge in [0.1, 0.15) is 17.4 Å². The molecule has 8 heterocycles. The van der Waals surface area contributed by atoms with Crippen LogP contribution in [0.25, 0.3) is 56.0 Å². The fraction of sp³-hybridized carbons (Fsp3) is 0.0800. The van der Waals surface area contributed by atoms with Crippen molar-refractivity contribution in [2.75, 3.05) is 10.6 Å². The average molecular weight is 881 g/mol. The van der Waals surface area contributed by atoms with Crippen molar-refractivity contribution in [3.8, 4) is 39.9 Å². The number of benzene rings is 4. The predicted octanol–water partition coefficient (Wildman–Crippen LogP) is 8.97. The van der Waals surface area contributed by atoms with Crippen LogP contribution in [0.5, 0.6) is 5.75 Å². The molecule has 17 heteroatoms. The van der Waals surface area contributed by atoms with Crippen molar-refractivity contribution in [3.63, 3.8) is 0 Å². The molecule has 0 saturated heterocycles. The molecule has 17 nitrogen and oxygen atoms in total. The van der Waals surface area contributed by atoms with E-state index in [4.69, 9.17) is 14.7 Å². The SMILES string of the molecule is O=C(Oc1ccnc(-c2cc(C(=O)N3Cc4ccc(-c5nccc(Nc6ccc7[nH]ncc7c6)n5)cc4C3)ccn2)c1)N1Cc2ccc(-c3nccc(Nc4ccc5[nH]ncc5c4)n3)cc2C1. The first kappa shape index (κ1) is 39.2. The molecule has 0 unspecified atom stereocenters. The molecule has 6 aromatic heterocycles. The van der Waals surface area contributed by atoms with E-state index in [0.717, 1.165) is 66.6 Å². The Labute approximate surface area is 381 Å². The molecule has 12 rings (SSSR count). The van der Waals surface area contributed by atoms with Gasteiger partial charge in [-0.3, -0.25) is 29.9 Å². The number of pyridine rings is 2. The van der Waals surface area contributed by atoms with Crippen LogP contribution in [-0.4, -0.2) is 72.1 Å². The smallest absolute Gasteiger partial charge is 0.410 e. The van der Waals surface area contributed by atoms with E-state index in [0.29, 0.717) is 72.2 Å². The van der Waals surface area contributed by atoms with Crippen LogP contribution in [0.15, 0.2) is 146 Å². The number of carbonyl (C=O) groups excluding carboxylic acids is 2. The Morgan fingerprint density at radius 1 is 0.522 bits per heavy atom. The van der Waals surface area contributed by atoms with Crippen LogP contribution >= 0.6 is 0 Å². The molecule has 0 aliphatic carbocycles. The van der Waals surface area contributed by atoms with Gasteiger partial charge in [0.15, 0.2) is 11.6 Å². The lowest BCUT2D eigenvalue weighted by atomic mass is 10.1. The van der Waals surface area contributed by atoms with Crippen molar-refractivity contribution in [2.45, 2.75) is 26.2 Å². The second-order valence-electron chi connectivity index (χ2n) is 16.3. The average Bonchev–Trinajstić information content (AvgIpc) is 4.20. The molecule has 324 valence electrons. The molecule has 0 spiro atoms. The van der Waals surface area contributed by atoms with Crippen LogP contribution in [0, 0.1) is 0 Å². The Hall–Kier alpha value is -9.38. The number of nitrogens with one attached hydrogen (secondary N) is 4. The van der Waals surface area contributed by atoms with Crippen molar-refractivity contribution in [1.29, 1.82) is 0 Å². The van der Waals surface area contributed by atoms with E-state index in [-0.39, 0.29) is 5.91 Å². The predicted molar refractivity (Wildman–Crippen MR) is 250 cm³/mol. The Morgan fingerprint density at radius 3 is 1.69 bits per heavy atom. The highest BCUT2D eigenvalue weighted by molar-refractivity contribution is 5.95. The Kier molecular flexibility index (Phi) is 9.55. The normalized spacial score (nSPS) is 12.9. The zero-order valence-electron chi connectivity index (χ0n) is 35.4. The molecule has 67 heavy (non-hydrogen) atoms. The van der Waals surface area contributed by atoms with Crippen LogP contribution in [0.4, 0.5) is 27.8 Å². The maximum absolute atomic E-state index is 14.0. The molecular formula is C50H36N14O3. The highest BCUT2D eigenvalue weighted by Crippen LogP contribution is 2.32. The Bertz CT molecular complexity index is 3570. The molecule has 2 aliphatic heterocycles. The van der Waals surface area contributed by atoms with E-state index in [1.54, 1.807) is 71.2 Å². The Balaban J connectivity index is 0.684. The summed E-state index contributed by atoms with van der Waals surface area (Å²) < 4.78 is 5.87. The van der Waals surface area contributed by atoms with Crippen molar-refractivity contribution in [2.24, 2.45) is 0 Å². The van der Waals surface area contributed by atoms with Crippen LogP contribution in [0.3, 0.4) is 0 Å². The Morgan fingerprint density at radius 2 is 1.06 bits per heavy atom. The van der Waals surface area contributed by atoms with Crippen LogP contribution in [0.1, 0.15) is 32.6 Å². The van der Waals surface area contributed by atoms with E-state index in [2.05, 4.69) is 51.0 Å². The minimum atomic E-state index is -0.500. The number of nitrogens with zero attached hydrogens (tertiary/aromatic N) is 10. The molecular weight excluding hydrogens is 845 g/mol. The highest BCUT2D eigenvalue weighted by Gasteiger charge is 2.27. The van der Waals surface area contributed by atoms with E-state index in [1.165, 1.54) is 0 Å². The van der Waals surface area contributed by atoms with Gasteiger partial charge in [-0.2, -0.15) is 10.2 Å². The van der Waals surface area contributed by atoms with E-state index in [1.807, 2.05) is 84.9 Å². The maximum atomic E-state index is 14.0. The summed E-state index contributed by atoms with van der Waals surface area (Å²) >= 11 is 0. The van der Waals surface area contributed by atoms with Gasteiger partial charge in [0.2, 0.25) is 0 Å². The molecule has 0 fully saturated rings. The number of carbonyl (C=O) groups is 2. The standard InChI is InChI=1S/C50H36N14O3/c65-49(63-25-32-3-1-29(17-36(32)27-63)47-53-15-11-45(59-47)57-38-5-7-41-34(19-38)23-55-61-41)31-9-13-51-43(21-31)44-22-40(10-14-52-44)67-50(66)64-26-33-4-2-30(18-37(33)28-64)48-54-16-12-46(60-48)58-39-6-8-42-35(20-39)24-56-62-42/h1-24H,25-28H2,(H,55,61)(H,56,62)(H,53,57,59)(H,54,58,60). The first-order valence-corrected chi connectivity index (χ1v) is 21.4. The number of amides is 2. The van der Waals surface area contributed by atoms with Gasteiger partial charge < -0.3 is 20.3 Å². The number of aromatic nitrogens is 10. The summed E-state index contributed by atoms with van der Waals surface area (Å²) in [5, 5.41) is 22.8. The first-order chi connectivity index (χ1) is 32.9. The van der Waals surface area contributed by atoms with Gasteiger partial charge in [0.05, 0.1) is 34.8 Å². The fourth-order valence-electron chi connectivity index (χ4n) is 8.48. The third-order valence-electron chi connectivity index (χ3n) is 11.9. The number of rotatable bonds is 9. The summed E-state index contributed by atoms with van der Waals surface area (Å²) in [5.74, 6) is 2.61. The lowest BCUT2D eigenvalue weighted by Crippen LogP contribution is -2.28. The molecule has 10 aromatic rings. The maximum Gasteiger partial charge on any atom is 0.415 e. The first-order valence-electron chi connectivity index (χ1n) is 21.4. The van der Waals surface area contributed by atoms with Crippen LogP contribution in [-0.2, 0) is 26.2 Å². The second-order valence-corrected chi connectivity index (χ2v) is 16.3. The zero-order chi connectivity index (χ0) is 44.8. The van der Waals surface area contributed by atoms with Crippen LogP contribution in [0.2, 0.25) is 0 Å². The molecule has 4 N–H and O–H groups in total. The van der Waals surface area contributed by atoms with Crippen molar-refractivity contribution in [3.05, 3.63) is 174 Å². The van der Waals surface area contributed by atoms with Gasteiger partial charge in [0.25, 0.3) is 5.91 Å². The van der Waals surface area contributed by atoms with Gasteiger partial charge >= 0.3 is 6.09 Å². The summed E-state index contributed by atoms with van der Waals surface area (Å²) in [6.07, 6.45) is 9.65. The number of anilines is 4. The van der Waals surface area contributed by atoms with Crippen molar-refractivity contribution >= 4 is 56.8 Å². The number of hydrogen-bond acceptors (Lipinski definition) is 13. The number of aromatic amines is 2. The third-order valence-corrected chi connectivity index (χ3v) is 11.9. The number of H-pyrrole nitrogens is 2. The summed E-state index contributed by atoms with van der Waals surface area (Å²) in [6, 6.07) is 34.2. The number of ether oxygens (including phenoxy) is 1. The summed E-state index contributed by atoms with van der Waals surface area (Å²) in [7, 11) is 0. The van der Waals surface area contributed by atoms with Crippen molar-refractivity contribution in [1.82, 2.24) is 60.1 Å². The van der Waals surface area contributed by atoms with Gasteiger partial charge in [-0.15, -0.1) is 0 Å². The molecule has 0 saturated carbocycles. The van der Waals surface area contributed by atoms with Gasteiger partial charge in [-0.1, -0.05) is 24.3 Å². The summed E-state index contributed by atoms with van der Waals surface area (Å²) in [4.78, 5) is 58.5. The zero-order valence-corrected chi connectivity index (χ0v) is 35.4. The summed E-state index contributed by atoms with van der Waals surface area (Å²) in [6.45, 7) is 1.64. The molecule has 2 aliphatic rings. The quantitative estimate of drug-likeness (QED) is 0.107. The lowest BCUT2D eigenvalue weighted by Gasteiger charge is -2.16. The second kappa shape index (κ2) is 16.3. The van der Waals surface area contributed by atoms with E-state index < -0.39 is 6.09 Å². The molecule has 0 radical (unpaired) electrons. The molecule has 2 amide bonds. The molecule has 0 bridgehead atoms. The highest BCUT2D eigenvalue weighted by atomic mass is 16.6. The number of fused-ring (bicyclic) bond motifs is 4. The lowest BCUT2D eigenvalue weighted by molar-refractivity contribution is 0.0751. The van der Waals surface area contributed by atoms with Gasteiger partial charge in [-0.25, -0.2) is 24.7 Å². The fourth-order valence-corrected chi connectivity index (χ4v) is 8.48. The largest absolute Gasteiger partial charge is 0.415 e. The molecule has 4 aromatic carbocycles.